The molecule has 2 nitrogen and oxygen atoms in total. The van der Waals surface area contributed by atoms with Gasteiger partial charge >= 0.3 is 0 Å². The highest BCUT2D eigenvalue weighted by Gasteiger charge is 2.30. The van der Waals surface area contributed by atoms with Gasteiger partial charge in [0.15, 0.2) is 0 Å². The first-order chi connectivity index (χ1) is 6.38. The minimum Gasteiger partial charge on any atom is -0.365 e. The Kier molecular flexibility index (Phi) is 2.45. The molecule has 0 spiro atoms. The van der Waals surface area contributed by atoms with Crippen LogP contribution in [0, 0.1) is 5.92 Å². The molecule has 0 saturated carbocycles. The van der Waals surface area contributed by atoms with E-state index in [9.17, 15) is 4.39 Å². The first kappa shape index (κ1) is 8.51. The van der Waals surface area contributed by atoms with Crippen LogP contribution < -0.4 is 5.32 Å². The summed E-state index contributed by atoms with van der Waals surface area (Å²) in [5.74, 6) is -0.132. The summed E-state index contributed by atoms with van der Waals surface area (Å²) in [7, 11) is 0. The summed E-state index contributed by atoms with van der Waals surface area (Å²) in [6, 6.07) is 0. The van der Waals surface area contributed by atoms with Gasteiger partial charge in [-0.15, -0.1) is 0 Å². The molecule has 2 heterocycles. The molecule has 0 aromatic heterocycles. The van der Waals surface area contributed by atoms with Crippen molar-refractivity contribution in [2.75, 3.05) is 6.61 Å². The molecule has 0 bridgehead atoms. The molecule has 2 unspecified atom stereocenters. The number of nitrogens with one attached hydrogen (secondary N) is 1. The van der Waals surface area contributed by atoms with Crippen LogP contribution in [0.2, 0.25) is 0 Å². The fourth-order valence-electron chi connectivity index (χ4n) is 1.55. The Morgan fingerprint density at radius 3 is 3.08 bits per heavy atom. The number of hydrogen-bond acceptors (Lipinski definition) is 2. The van der Waals surface area contributed by atoms with Gasteiger partial charge in [-0.2, -0.15) is 0 Å². The summed E-state index contributed by atoms with van der Waals surface area (Å²) in [5.41, 5.74) is 0.898. The van der Waals surface area contributed by atoms with Crippen LogP contribution in [0.1, 0.15) is 6.42 Å². The fourth-order valence-corrected chi connectivity index (χ4v) is 1.55. The van der Waals surface area contributed by atoms with Crippen LogP contribution >= 0.6 is 0 Å². The summed E-state index contributed by atoms with van der Waals surface area (Å²) < 4.78 is 18.0. The molecule has 2 aliphatic heterocycles. The summed E-state index contributed by atoms with van der Waals surface area (Å²) in [4.78, 5) is 0. The van der Waals surface area contributed by atoms with E-state index >= 15 is 0 Å². The highest BCUT2D eigenvalue weighted by Crippen LogP contribution is 2.27. The van der Waals surface area contributed by atoms with E-state index in [0.717, 1.165) is 12.1 Å². The molecule has 3 heteroatoms. The Morgan fingerprint density at radius 2 is 2.31 bits per heavy atom. The van der Waals surface area contributed by atoms with Gasteiger partial charge in [0.1, 0.15) is 0 Å². The number of halogens is 1. The van der Waals surface area contributed by atoms with Gasteiger partial charge in [-0.3, -0.25) is 0 Å². The molecule has 0 aliphatic carbocycles. The quantitative estimate of drug-likeness (QED) is 0.666. The summed E-state index contributed by atoms with van der Waals surface area (Å²) >= 11 is 0. The second-order valence-electron chi connectivity index (χ2n) is 3.13. The van der Waals surface area contributed by atoms with Gasteiger partial charge < -0.3 is 10.1 Å². The van der Waals surface area contributed by atoms with Crippen molar-refractivity contribution in [2.45, 2.75) is 12.8 Å². The summed E-state index contributed by atoms with van der Waals surface area (Å²) in [6.45, 7) is 0.512. The van der Waals surface area contributed by atoms with Gasteiger partial charge in [0.25, 0.3) is 0 Å². The van der Waals surface area contributed by atoms with E-state index in [1.54, 1.807) is 6.20 Å². The average Bonchev–Trinajstić information content (AvgIpc) is 2.43. The van der Waals surface area contributed by atoms with Gasteiger partial charge in [-0.05, 0) is 18.6 Å². The molecule has 1 N–H and O–H groups in total. The molecule has 0 aromatic rings. The minimum atomic E-state index is -1.15. The van der Waals surface area contributed by atoms with Crippen molar-refractivity contribution in [2.24, 2.45) is 5.92 Å². The van der Waals surface area contributed by atoms with Crippen LogP contribution in [0.4, 0.5) is 4.39 Å². The normalized spacial score (nSPS) is 32.5. The van der Waals surface area contributed by atoms with E-state index in [0.29, 0.717) is 6.61 Å². The number of ether oxygens (including phenoxy) is 1. The minimum absolute atomic E-state index is 0.132. The zero-order valence-electron chi connectivity index (χ0n) is 7.24. The predicted molar refractivity (Wildman–Crippen MR) is 48.5 cm³/mol. The molecule has 2 rings (SSSR count). The Morgan fingerprint density at radius 1 is 1.38 bits per heavy atom. The number of hydrogen-bond donors (Lipinski definition) is 1. The number of alkyl halides is 1. The molecule has 2 aliphatic rings. The van der Waals surface area contributed by atoms with Crippen LogP contribution in [0.25, 0.3) is 0 Å². The average molecular weight is 181 g/mol. The SMILES string of the molecule is FC1OCCC1C1=CC=CC=CN1. The second-order valence-corrected chi connectivity index (χ2v) is 3.13. The molecule has 1 fully saturated rings. The fraction of sp³-hybridized carbons (Fsp3) is 0.400. The van der Waals surface area contributed by atoms with Gasteiger partial charge in [-0.1, -0.05) is 12.2 Å². The second kappa shape index (κ2) is 3.75. The molecule has 2 atom stereocenters. The summed E-state index contributed by atoms with van der Waals surface area (Å²) in [6.07, 6.45) is 8.99. The van der Waals surface area contributed by atoms with E-state index in [1.165, 1.54) is 0 Å². The Hall–Kier alpha value is -1.09. The van der Waals surface area contributed by atoms with Crippen molar-refractivity contribution in [3.05, 3.63) is 36.2 Å². The van der Waals surface area contributed by atoms with Crippen molar-refractivity contribution in [3.8, 4) is 0 Å². The standard InChI is InChI=1S/C10H12FNO/c11-10-8(5-7-13-10)9-4-2-1-3-6-12-9/h1-4,6,8,10,12H,5,7H2. The van der Waals surface area contributed by atoms with E-state index in [1.807, 2.05) is 24.3 Å². The maximum atomic E-state index is 13.2. The predicted octanol–water partition coefficient (Wildman–Crippen LogP) is 1.88. The molecular formula is C10H12FNO. The van der Waals surface area contributed by atoms with E-state index in [4.69, 9.17) is 4.74 Å². The lowest BCUT2D eigenvalue weighted by Crippen LogP contribution is -2.20. The molecule has 0 aromatic carbocycles. The van der Waals surface area contributed by atoms with E-state index in [-0.39, 0.29) is 5.92 Å². The van der Waals surface area contributed by atoms with Crippen LogP contribution in [0.3, 0.4) is 0 Å². The van der Waals surface area contributed by atoms with Gasteiger partial charge in [0, 0.05) is 11.9 Å². The largest absolute Gasteiger partial charge is 0.365 e. The third-order valence-electron chi connectivity index (χ3n) is 2.27. The summed E-state index contributed by atoms with van der Waals surface area (Å²) in [5, 5.41) is 3.05. The molecule has 70 valence electrons. The monoisotopic (exact) mass is 181 g/mol. The van der Waals surface area contributed by atoms with Crippen molar-refractivity contribution >= 4 is 0 Å². The Labute approximate surface area is 76.8 Å². The lowest BCUT2D eigenvalue weighted by atomic mass is 10.0. The van der Waals surface area contributed by atoms with Crippen molar-refractivity contribution in [1.82, 2.24) is 5.32 Å². The zero-order chi connectivity index (χ0) is 9.10. The molecule has 13 heavy (non-hydrogen) atoms. The molecule has 1 saturated heterocycles. The van der Waals surface area contributed by atoms with Crippen LogP contribution in [-0.4, -0.2) is 13.0 Å². The highest BCUT2D eigenvalue weighted by molar-refractivity contribution is 5.23. The zero-order valence-corrected chi connectivity index (χ0v) is 7.24. The first-order valence-electron chi connectivity index (χ1n) is 4.43. The number of allylic oxidation sites excluding steroid dienone is 4. The van der Waals surface area contributed by atoms with Gasteiger partial charge in [0.05, 0.1) is 12.5 Å². The first-order valence-corrected chi connectivity index (χ1v) is 4.43. The third kappa shape index (κ3) is 1.80. The Balaban J connectivity index is 2.11. The number of rotatable bonds is 1. The lowest BCUT2D eigenvalue weighted by Gasteiger charge is -2.14. The highest BCUT2D eigenvalue weighted by atomic mass is 19.1. The molecular weight excluding hydrogens is 169 g/mol. The maximum absolute atomic E-state index is 13.2. The van der Waals surface area contributed by atoms with Gasteiger partial charge in [-0.25, -0.2) is 4.39 Å². The topological polar surface area (TPSA) is 21.3 Å². The van der Waals surface area contributed by atoms with Gasteiger partial charge in [0.2, 0.25) is 6.36 Å². The van der Waals surface area contributed by atoms with Crippen molar-refractivity contribution in [1.29, 1.82) is 0 Å². The van der Waals surface area contributed by atoms with Crippen LogP contribution in [-0.2, 0) is 4.74 Å². The van der Waals surface area contributed by atoms with Crippen LogP contribution in [0.5, 0.6) is 0 Å². The third-order valence-corrected chi connectivity index (χ3v) is 2.27. The molecule has 0 radical (unpaired) electrons. The Bertz CT molecular complexity index is 270. The van der Waals surface area contributed by atoms with E-state index < -0.39 is 6.36 Å². The maximum Gasteiger partial charge on any atom is 0.207 e. The lowest BCUT2D eigenvalue weighted by molar-refractivity contribution is -0.00804. The van der Waals surface area contributed by atoms with E-state index in [2.05, 4.69) is 5.32 Å². The molecule has 0 amide bonds. The van der Waals surface area contributed by atoms with Crippen molar-refractivity contribution < 1.29 is 9.13 Å². The van der Waals surface area contributed by atoms with Crippen molar-refractivity contribution in [3.63, 3.8) is 0 Å². The van der Waals surface area contributed by atoms with Crippen LogP contribution in [0.15, 0.2) is 36.2 Å². The smallest absolute Gasteiger partial charge is 0.207 e.